The van der Waals surface area contributed by atoms with Crippen molar-refractivity contribution >= 4 is 5.91 Å². The van der Waals surface area contributed by atoms with Crippen molar-refractivity contribution in [1.29, 1.82) is 0 Å². The lowest BCUT2D eigenvalue weighted by Crippen LogP contribution is -2.42. The fraction of sp³-hybridized carbons (Fsp3) is 0.500. The third kappa shape index (κ3) is 4.91. The summed E-state index contributed by atoms with van der Waals surface area (Å²) in [6.45, 7) is 5.55. The van der Waals surface area contributed by atoms with Crippen LogP contribution in [0.15, 0.2) is 41.2 Å². The molecule has 1 fully saturated rings. The number of rotatable bonds is 7. The van der Waals surface area contributed by atoms with Crippen molar-refractivity contribution in [2.75, 3.05) is 13.1 Å². The average Bonchev–Trinajstić information content (AvgIpc) is 3.46. The Kier molecular flexibility index (Phi) is 6.69. The van der Waals surface area contributed by atoms with Crippen LogP contribution < -0.4 is 0 Å². The maximum absolute atomic E-state index is 12.8. The molecule has 1 amide bonds. The number of likely N-dealkylation sites (tertiary alicyclic amines) is 1. The molecule has 0 bridgehead atoms. The predicted octanol–water partition coefficient (Wildman–Crippen LogP) is 3.50. The number of imidazole rings is 1. The van der Waals surface area contributed by atoms with E-state index in [2.05, 4.69) is 41.1 Å². The highest BCUT2D eigenvalue weighted by Crippen LogP contribution is 2.29. The van der Waals surface area contributed by atoms with Crippen molar-refractivity contribution in [3.63, 3.8) is 0 Å². The number of amides is 1. The number of benzene rings is 1. The van der Waals surface area contributed by atoms with E-state index in [1.54, 1.807) is 6.20 Å². The van der Waals surface area contributed by atoms with Crippen LogP contribution in [-0.4, -0.2) is 48.7 Å². The molecule has 2 aromatic heterocycles. The van der Waals surface area contributed by atoms with Crippen molar-refractivity contribution in [3.8, 4) is 11.4 Å². The summed E-state index contributed by atoms with van der Waals surface area (Å²) in [7, 11) is 1.87. The molecule has 0 aliphatic carbocycles. The molecule has 8 heteroatoms. The Hall–Kier alpha value is -3.00. The molecule has 1 aliphatic rings. The molecule has 3 aromatic rings. The summed E-state index contributed by atoms with van der Waals surface area (Å²) in [5, 5.41) is 14.8. The maximum atomic E-state index is 12.8. The van der Waals surface area contributed by atoms with Crippen molar-refractivity contribution in [2.24, 2.45) is 13.0 Å². The highest BCUT2D eigenvalue weighted by atomic mass is 16.5. The van der Waals surface area contributed by atoms with Crippen molar-refractivity contribution in [2.45, 2.75) is 51.6 Å². The molecule has 1 saturated heterocycles. The van der Waals surface area contributed by atoms with Gasteiger partial charge in [-0.1, -0.05) is 43.3 Å². The molecule has 4 rings (SSSR count). The van der Waals surface area contributed by atoms with E-state index in [0.717, 1.165) is 18.4 Å². The van der Waals surface area contributed by atoms with Crippen LogP contribution in [-0.2, 0) is 18.3 Å². The highest BCUT2D eigenvalue weighted by Gasteiger charge is 2.31. The van der Waals surface area contributed by atoms with E-state index in [4.69, 9.17) is 4.52 Å². The summed E-state index contributed by atoms with van der Waals surface area (Å²) in [5.41, 5.74) is 2.16. The number of aliphatic hydroxyl groups is 1. The van der Waals surface area contributed by atoms with E-state index in [1.807, 2.05) is 34.8 Å². The Labute approximate surface area is 188 Å². The number of aryl methyl sites for hydroxylation is 2. The number of aromatic nitrogens is 4. The summed E-state index contributed by atoms with van der Waals surface area (Å²) >= 11 is 0. The van der Waals surface area contributed by atoms with Gasteiger partial charge in [0.25, 0.3) is 0 Å². The van der Waals surface area contributed by atoms with Gasteiger partial charge in [0.05, 0.1) is 0 Å². The first-order chi connectivity index (χ1) is 15.4. The fourth-order valence-corrected chi connectivity index (χ4v) is 4.23. The number of hydrogen-bond acceptors (Lipinski definition) is 6. The minimum absolute atomic E-state index is 0.0161. The topological polar surface area (TPSA) is 97.3 Å². The van der Waals surface area contributed by atoms with Crippen LogP contribution in [0.25, 0.3) is 11.4 Å². The van der Waals surface area contributed by atoms with Gasteiger partial charge in [-0.2, -0.15) is 4.98 Å². The largest absolute Gasteiger partial charge is 0.385 e. The van der Waals surface area contributed by atoms with E-state index in [0.29, 0.717) is 49.4 Å². The Morgan fingerprint density at radius 3 is 2.75 bits per heavy atom. The van der Waals surface area contributed by atoms with Crippen molar-refractivity contribution < 1.29 is 14.4 Å². The zero-order valence-corrected chi connectivity index (χ0v) is 18.9. The van der Waals surface area contributed by atoms with Gasteiger partial charge >= 0.3 is 0 Å². The van der Waals surface area contributed by atoms with Crippen LogP contribution >= 0.6 is 0 Å². The molecule has 0 radical (unpaired) electrons. The van der Waals surface area contributed by atoms with E-state index in [9.17, 15) is 9.90 Å². The molecule has 8 nitrogen and oxygen atoms in total. The van der Waals surface area contributed by atoms with Crippen LogP contribution in [0.4, 0.5) is 0 Å². The second-order valence-electron chi connectivity index (χ2n) is 8.87. The second-order valence-corrected chi connectivity index (χ2v) is 8.87. The minimum atomic E-state index is -0.675. The molecule has 32 heavy (non-hydrogen) atoms. The molecule has 170 valence electrons. The first kappa shape index (κ1) is 22.2. The van der Waals surface area contributed by atoms with Crippen molar-refractivity contribution in [3.05, 3.63) is 53.9 Å². The standard InChI is InChI=1S/C24H31N5O3/c1-16(2)17-6-8-18(9-7-17)23-26-20(32-27-23)10-11-21(30)29-13-4-5-19(15-29)22(31)24-25-12-14-28(24)3/h6-9,12,14,16,19,22,31H,4-5,10-11,13,15H2,1-3H3/t19-,22+/m0/s1. The summed E-state index contributed by atoms with van der Waals surface area (Å²) < 4.78 is 7.20. The molecule has 3 heterocycles. The van der Waals surface area contributed by atoms with Crippen LogP contribution in [0.5, 0.6) is 0 Å². The van der Waals surface area contributed by atoms with Crippen LogP contribution in [0, 0.1) is 5.92 Å². The third-order valence-electron chi connectivity index (χ3n) is 6.24. The summed E-state index contributed by atoms with van der Waals surface area (Å²) in [4.78, 5) is 23.4. The Morgan fingerprint density at radius 1 is 1.28 bits per heavy atom. The summed E-state index contributed by atoms with van der Waals surface area (Å²) in [5.74, 6) is 2.14. The molecule has 0 spiro atoms. The molecule has 1 N–H and O–H groups in total. The first-order valence-corrected chi connectivity index (χ1v) is 11.3. The number of carbonyl (C=O) groups excluding carboxylic acids is 1. The zero-order valence-electron chi connectivity index (χ0n) is 18.9. The number of piperidine rings is 1. The van der Waals surface area contributed by atoms with E-state index < -0.39 is 6.10 Å². The number of carbonyl (C=O) groups is 1. The van der Waals surface area contributed by atoms with Gasteiger partial charge in [0.2, 0.25) is 17.6 Å². The molecule has 0 saturated carbocycles. The van der Waals surface area contributed by atoms with Gasteiger partial charge in [-0.15, -0.1) is 0 Å². The molecular weight excluding hydrogens is 406 g/mol. The van der Waals surface area contributed by atoms with Crippen LogP contribution in [0.2, 0.25) is 0 Å². The van der Waals surface area contributed by atoms with Crippen molar-refractivity contribution in [1.82, 2.24) is 24.6 Å². The fourth-order valence-electron chi connectivity index (χ4n) is 4.23. The molecule has 2 atom stereocenters. The van der Waals surface area contributed by atoms with Gasteiger partial charge < -0.3 is 19.1 Å². The second kappa shape index (κ2) is 9.65. The number of aliphatic hydroxyl groups excluding tert-OH is 1. The molecule has 1 aliphatic heterocycles. The van der Waals surface area contributed by atoms with Gasteiger partial charge in [-0.05, 0) is 24.3 Å². The SMILES string of the molecule is CC(C)c1ccc(-c2noc(CCC(=O)N3CCC[C@H]([C@@H](O)c4nccn4C)C3)n2)cc1. The molecular formula is C24H31N5O3. The predicted molar refractivity (Wildman–Crippen MR) is 120 cm³/mol. The third-order valence-corrected chi connectivity index (χ3v) is 6.24. The van der Waals surface area contributed by atoms with Gasteiger partial charge in [-0.25, -0.2) is 4.98 Å². The van der Waals surface area contributed by atoms with Gasteiger partial charge in [0, 0.05) is 56.9 Å². The van der Waals surface area contributed by atoms with E-state index in [-0.39, 0.29) is 11.8 Å². The first-order valence-electron chi connectivity index (χ1n) is 11.3. The summed E-state index contributed by atoms with van der Waals surface area (Å²) in [6, 6.07) is 8.14. The van der Waals surface area contributed by atoms with Crippen LogP contribution in [0.1, 0.15) is 62.4 Å². The minimum Gasteiger partial charge on any atom is -0.385 e. The highest BCUT2D eigenvalue weighted by molar-refractivity contribution is 5.76. The normalized spacial score (nSPS) is 17.7. The Morgan fingerprint density at radius 2 is 2.06 bits per heavy atom. The Balaban J connectivity index is 1.32. The quantitative estimate of drug-likeness (QED) is 0.608. The molecule has 0 unspecified atom stereocenters. The number of nitrogens with zero attached hydrogens (tertiary/aromatic N) is 5. The molecule has 1 aromatic carbocycles. The zero-order chi connectivity index (χ0) is 22.7. The lowest BCUT2D eigenvalue weighted by Gasteiger charge is -2.35. The summed E-state index contributed by atoms with van der Waals surface area (Å²) in [6.07, 6.45) is 5.28. The van der Waals surface area contributed by atoms with Crippen LogP contribution in [0.3, 0.4) is 0 Å². The van der Waals surface area contributed by atoms with E-state index in [1.165, 1.54) is 5.56 Å². The van der Waals surface area contributed by atoms with E-state index >= 15 is 0 Å². The Bertz CT molecular complexity index is 1040. The maximum Gasteiger partial charge on any atom is 0.227 e. The monoisotopic (exact) mass is 437 g/mol. The van der Waals surface area contributed by atoms with Gasteiger partial charge in [0.15, 0.2) is 0 Å². The van der Waals surface area contributed by atoms with Gasteiger partial charge in [0.1, 0.15) is 11.9 Å². The lowest BCUT2D eigenvalue weighted by molar-refractivity contribution is -0.134. The van der Waals surface area contributed by atoms with Gasteiger partial charge in [-0.3, -0.25) is 4.79 Å². The smallest absolute Gasteiger partial charge is 0.227 e. The lowest BCUT2D eigenvalue weighted by atomic mass is 9.91. The average molecular weight is 438 g/mol. The number of hydrogen-bond donors (Lipinski definition) is 1.